The van der Waals surface area contributed by atoms with E-state index in [2.05, 4.69) is 5.32 Å². The van der Waals surface area contributed by atoms with E-state index in [0.717, 1.165) is 17.7 Å². The third kappa shape index (κ3) is 3.40. The number of aryl methyl sites for hydroxylation is 1. The number of carbonyl (C=O) groups is 2. The van der Waals surface area contributed by atoms with E-state index < -0.39 is 29.2 Å². The molecule has 28 heavy (non-hydrogen) atoms. The Labute approximate surface area is 164 Å². The van der Waals surface area contributed by atoms with E-state index in [4.69, 9.17) is 16.3 Å². The minimum absolute atomic E-state index is 0.0995. The van der Waals surface area contributed by atoms with Gasteiger partial charge in [0.05, 0.1) is 22.0 Å². The van der Waals surface area contributed by atoms with E-state index in [1.165, 1.54) is 18.9 Å². The van der Waals surface area contributed by atoms with Crippen LogP contribution in [0.5, 0.6) is 5.75 Å². The lowest BCUT2D eigenvalue weighted by molar-refractivity contribution is -0.145. The molecule has 1 heterocycles. The monoisotopic (exact) mass is 412 g/mol. The number of benzene rings is 2. The lowest BCUT2D eigenvalue weighted by Gasteiger charge is -2.38. The normalized spacial score (nSPS) is 19.1. The van der Waals surface area contributed by atoms with Gasteiger partial charge in [0.2, 0.25) is 0 Å². The lowest BCUT2D eigenvalue weighted by atomic mass is 9.99. The zero-order valence-electron chi connectivity index (χ0n) is 15.1. The molecule has 0 fully saturated rings. The number of amides is 2. The third-order valence-corrected chi connectivity index (χ3v) is 4.81. The maximum Gasteiger partial charge on any atom is 0.416 e. The number of ether oxygens (including phenoxy) is 1. The second-order valence-electron chi connectivity index (χ2n) is 6.62. The van der Waals surface area contributed by atoms with Crippen LogP contribution in [-0.2, 0) is 15.8 Å². The van der Waals surface area contributed by atoms with Crippen LogP contribution in [0, 0.1) is 6.92 Å². The molecule has 0 aliphatic carbocycles. The van der Waals surface area contributed by atoms with E-state index in [1.54, 1.807) is 18.2 Å². The summed E-state index contributed by atoms with van der Waals surface area (Å²) >= 11 is 5.92. The molecule has 2 aromatic rings. The van der Waals surface area contributed by atoms with Crippen molar-refractivity contribution in [2.45, 2.75) is 25.6 Å². The summed E-state index contributed by atoms with van der Waals surface area (Å²) in [6, 6.07) is 7.64. The summed E-state index contributed by atoms with van der Waals surface area (Å²) in [5.41, 5.74) is -1.84. The van der Waals surface area contributed by atoms with E-state index in [9.17, 15) is 22.8 Å². The molecule has 0 saturated carbocycles. The first-order chi connectivity index (χ1) is 12.9. The summed E-state index contributed by atoms with van der Waals surface area (Å²) in [7, 11) is 1.49. The number of rotatable bonds is 2. The molecule has 1 aliphatic rings. The van der Waals surface area contributed by atoms with Crippen LogP contribution >= 0.6 is 11.6 Å². The molecule has 2 amide bonds. The smallest absolute Gasteiger partial charge is 0.416 e. The summed E-state index contributed by atoms with van der Waals surface area (Å²) < 4.78 is 44.5. The van der Waals surface area contributed by atoms with Crippen LogP contribution < -0.4 is 15.0 Å². The molecule has 0 aromatic heterocycles. The Morgan fingerprint density at radius 2 is 1.89 bits per heavy atom. The van der Waals surface area contributed by atoms with Crippen molar-refractivity contribution in [2.75, 3.05) is 17.3 Å². The molecule has 1 unspecified atom stereocenters. The molecule has 0 saturated heterocycles. The Morgan fingerprint density at radius 1 is 1.21 bits per heavy atom. The lowest BCUT2D eigenvalue weighted by Crippen LogP contribution is -2.59. The Morgan fingerprint density at radius 3 is 2.54 bits per heavy atom. The maximum absolute atomic E-state index is 12.9. The Balaban J connectivity index is 1.94. The molecule has 5 nitrogen and oxygen atoms in total. The number of fused-ring (bicyclic) bond motifs is 1. The van der Waals surface area contributed by atoms with Gasteiger partial charge in [-0.3, -0.25) is 9.59 Å². The van der Waals surface area contributed by atoms with Crippen molar-refractivity contribution in [3.8, 4) is 5.75 Å². The average Bonchev–Trinajstić information content (AvgIpc) is 2.61. The highest BCUT2D eigenvalue weighted by atomic mass is 35.5. The van der Waals surface area contributed by atoms with E-state index in [1.807, 2.05) is 6.92 Å². The number of nitrogens with zero attached hydrogens (tertiary/aromatic N) is 1. The fourth-order valence-corrected chi connectivity index (χ4v) is 3.02. The van der Waals surface area contributed by atoms with Crippen LogP contribution in [0.15, 0.2) is 36.4 Å². The van der Waals surface area contributed by atoms with Gasteiger partial charge in [-0.05, 0) is 49.7 Å². The van der Waals surface area contributed by atoms with Crippen molar-refractivity contribution in [3.63, 3.8) is 0 Å². The van der Waals surface area contributed by atoms with Crippen LogP contribution in [0.4, 0.5) is 24.5 Å². The van der Waals surface area contributed by atoms with E-state index in [-0.39, 0.29) is 10.7 Å². The molecule has 1 atom stereocenters. The highest BCUT2D eigenvalue weighted by molar-refractivity contribution is 6.34. The molecule has 1 N–H and O–H groups in total. The van der Waals surface area contributed by atoms with Gasteiger partial charge in [-0.1, -0.05) is 17.7 Å². The van der Waals surface area contributed by atoms with Crippen LogP contribution in [0.25, 0.3) is 0 Å². The predicted molar refractivity (Wildman–Crippen MR) is 98.7 cm³/mol. The summed E-state index contributed by atoms with van der Waals surface area (Å²) in [5.74, 6) is -1.29. The van der Waals surface area contributed by atoms with Crippen molar-refractivity contribution < 1.29 is 27.5 Å². The van der Waals surface area contributed by atoms with Crippen LogP contribution in [-0.4, -0.2) is 24.5 Å². The number of halogens is 4. The fourth-order valence-electron chi connectivity index (χ4n) is 2.85. The minimum atomic E-state index is -4.61. The van der Waals surface area contributed by atoms with Gasteiger partial charge in [-0.2, -0.15) is 13.2 Å². The largest absolute Gasteiger partial charge is 0.465 e. The van der Waals surface area contributed by atoms with E-state index >= 15 is 0 Å². The number of hydrogen-bond acceptors (Lipinski definition) is 3. The molecule has 0 spiro atoms. The topological polar surface area (TPSA) is 58.6 Å². The fraction of sp³-hybridized carbons (Fsp3) is 0.263. The minimum Gasteiger partial charge on any atom is -0.465 e. The first-order valence-electron chi connectivity index (χ1n) is 8.19. The molecule has 1 aliphatic heterocycles. The Kier molecular flexibility index (Phi) is 4.79. The molecule has 0 bridgehead atoms. The second-order valence-corrected chi connectivity index (χ2v) is 7.02. The SMILES string of the molecule is Cc1ccc2c(c1)N(C)C(=O)C(C)(C(=O)Nc1cc(C(F)(F)F)ccc1Cl)O2. The average molecular weight is 413 g/mol. The quantitative estimate of drug-likeness (QED) is 0.743. The molecule has 2 aromatic carbocycles. The van der Waals surface area contributed by atoms with Gasteiger partial charge in [0.15, 0.2) is 0 Å². The highest BCUT2D eigenvalue weighted by Crippen LogP contribution is 2.39. The number of hydrogen-bond donors (Lipinski definition) is 1. The number of anilines is 2. The molecule has 0 radical (unpaired) electrons. The van der Waals surface area contributed by atoms with Crippen molar-refractivity contribution in [1.82, 2.24) is 0 Å². The van der Waals surface area contributed by atoms with Gasteiger partial charge in [0.25, 0.3) is 17.4 Å². The van der Waals surface area contributed by atoms with Gasteiger partial charge in [-0.15, -0.1) is 0 Å². The first kappa shape index (κ1) is 20.0. The molecule has 148 valence electrons. The predicted octanol–water partition coefficient (Wildman–Crippen LogP) is 4.42. The van der Waals surface area contributed by atoms with Crippen molar-refractivity contribution in [1.29, 1.82) is 0 Å². The molecule has 9 heteroatoms. The summed E-state index contributed by atoms with van der Waals surface area (Å²) in [5, 5.41) is 2.18. The van der Waals surface area contributed by atoms with Gasteiger partial charge >= 0.3 is 6.18 Å². The van der Waals surface area contributed by atoms with Crippen molar-refractivity contribution in [3.05, 3.63) is 52.5 Å². The standard InChI is InChI=1S/C19H16ClF3N2O3/c1-10-4-7-15-14(8-10)25(3)17(27)18(2,28-15)16(26)24-13-9-11(19(21,22)23)5-6-12(13)20/h4-9H,1-3H3,(H,24,26). The second kappa shape index (κ2) is 6.70. The molecule has 3 rings (SSSR count). The van der Waals surface area contributed by atoms with Crippen molar-refractivity contribution >= 4 is 34.8 Å². The zero-order chi connectivity index (χ0) is 20.9. The van der Waals surface area contributed by atoms with Crippen LogP contribution in [0.3, 0.4) is 0 Å². The summed E-state index contributed by atoms with van der Waals surface area (Å²) in [4.78, 5) is 26.9. The number of alkyl halides is 3. The molecular formula is C19H16ClF3N2O3. The number of carbonyl (C=O) groups excluding carboxylic acids is 2. The maximum atomic E-state index is 12.9. The molecular weight excluding hydrogens is 397 g/mol. The van der Waals surface area contributed by atoms with Gasteiger partial charge in [0.1, 0.15) is 5.75 Å². The Bertz CT molecular complexity index is 977. The summed E-state index contributed by atoms with van der Waals surface area (Å²) in [6.45, 7) is 3.10. The number of likely N-dealkylation sites (N-methyl/N-ethyl adjacent to an activating group) is 1. The van der Waals surface area contributed by atoms with Crippen LogP contribution in [0.2, 0.25) is 5.02 Å². The van der Waals surface area contributed by atoms with Gasteiger partial charge in [-0.25, -0.2) is 0 Å². The van der Waals surface area contributed by atoms with Gasteiger partial charge < -0.3 is 15.0 Å². The summed E-state index contributed by atoms with van der Waals surface area (Å²) in [6.07, 6.45) is -4.61. The van der Waals surface area contributed by atoms with Gasteiger partial charge in [0, 0.05) is 7.05 Å². The zero-order valence-corrected chi connectivity index (χ0v) is 15.9. The highest BCUT2D eigenvalue weighted by Gasteiger charge is 2.50. The number of nitrogens with one attached hydrogen (secondary N) is 1. The van der Waals surface area contributed by atoms with E-state index in [0.29, 0.717) is 17.5 Å². The Hall–Kier alpha value is -2.74. The third-order valence-electron chi connectivity index (χ3n) is 4.48. The van der Waals surface area contributed by atoms with Crippen LogP contribution in [0.1, 0.15) is 18.1 Å². The van der Waals surface area contributed by atoms with Crippen molar-refractivity contribution in [2.24, 2.45) is 0 Å². The first-order valence-corrected chi connectivity index (χ1v) is 8.57.